The molecule has 2 aromatic rings. The number of methoxy groups -OCH3 is 1. The van der Waals surface area contributed by atoms with Gasteiger partial charge in [-0.15, -0.1) is 0 Å². The average molecular weight is 489 g/mol. The van der Waals surface area contributed by atoms with Gasteiger partial charge in [-0.1, -0.05) is 6.92 Å². The summed E-state index contributed by atoms with van der Waals surface area (Å²) < 4.78 is 31.7. The smallest absolute Gasteiger partial charge is 0.409 e. The van der Waals surface area contributed by atoms with Crippen LogP contribution < -0.4 is 9.47 Å². The minimum atomic E-state index is -0.792. The molecule has 1 heterocycles. The lowest BCUT2D eigenvalue weighted by Crippen LogP contribution is -2.29. The third-order valence-electron chi connectivity index (χ3n) is 6.22. The zero-order valence-corrected chi connectivity index (χ0v) is 20.7. The number of pyridine rings is 1. The van der Waals surface area contributed by atoms with Gasteiger partial charge in [0.05, 0.1) is 30.5 Å². The number of hydrogen-bond acceptors (Lipinski definition) is 6. The lowest BCUT2D eigenvalue weighted by Gasteiger charge is -2.27. The van der Waals surface area contributed by atoms with Crippen LogP contribution in [0.25, 0.3) is 11.3 Å². The van der Waals surface area contributed by atoms with Crippen LogP contribution in [0.1, 0.15) is 50.3 Å². The fraction of sp³-hybridized carbons (Fsp3) is 0.500. The Bertz CT molecular complexity index is 1060. The van der Waals surface area contributed by atoms with E-state index in [0.29, 0.717) is 42.1 Å². The molecule has 3 rings (SSSR count). The topological polar surface area (TPSA) is 98.2 Å². The number of carbonyl (C=O) groups is 2. The molecular formula is C26H33FN2O6. The highest BCUT2D eigenvalue weighted by Crippen LogP contribution is 2.34. The van der Waals surface area contributed by atoms with E-state index < -0.39 is 23.8 Å². The van der Waals surface area contributed by atoms with Gasteiger partial charge >= 0.3 is 12.1 Å². The van der Waals surface area contributed by atoms with Crippen LogP contribution in [0.2, 0.25) is 0 Å². The van der Waals surface area contributed by atoms with E-state index in [0.717, 1.165) is 19.3 Å². The second-order valence-corrected chi connectivity index (χ2v) is 8.81. The summed E-state index contributed by atoms with van der Waals surface area (Å²) in [4.78, 5) is 29.7. The fourth-order valence-corrected chi connectivity index (χ4v) is 4.29. The number of carbonyl (C=O) groups excluding carboxylic acids is 1. The van der Waals surface area contributed by atoms with Crippen molar-refractivity contribution in [1.82, 2.24) is 9.88 Å². The number of aliphatic carboxylic acids is 1. The Hall–Kier alpha value is -3.36. The molecule has 0 spiro atoms. The molecule has 0 radical (unpaired) electrons. The molecule has 0 saturated heterocycles. The molecule has 1 aliphatic carbocycles. The molecule has 190 valence electrons. The van der Waals surface area contributed by atoms with E-state index in [4.69, 9.17) is 14.2 Å². The molecule has 1 N–H and O–H groups in total. The molecule has 9 heteroatoms. The van der Waals surface area contributed by atoms with Crippen LogP contribution >= 0.6 is 0 Å². The van der Waals surface area contributed by atoms with Gasteiger partial charge in [0.1, 0.15) is 12.4 Å². The van der Waals surface area contributed by atoms with Crippen LogP contribution in [0.4, 0.5) is 9.18 Å². The number of amides is 1. The maximum Gasteiger partial charge on any atom is 0.409 e. The SMILES string of the molecule is CCCN(C)C(=O)OCc1c(-c2ccc(O[C@H]3CCC[C@H](C(=O)O)C3)c(C)n2)ccc(OC)c1F. The summed E-state index contributed by atoms with van der Waals surface area (Å²) in [6.07, 6.45) is 2.76. The summed E-state index contributed by atoms with van der Waals surface area (Å²) >= 11 is 0. The number of halogens is 1. The Morgan fingerprint density at radius 2 is 1.94 bits per heavy atom. The first-order chi connectivity index (χ1) is 16.7. The zero-order chi connectivity index (χ0) is 25.5. The number of hydrogen-bond donors (Lipinski definition) is 1. The Labute approximate surface area is 205 Å². The van der Waals surface area contributed by atoms with Crippen LogP contribution in [-0.4, -0.2) is 53.9 Å². The molecule has 0 aliphatic heterocycles. The standard InChI is InChI=1S/C26H33FN2O6/c1-5-13-29(3)26(32)34-15-20-19(9-11-23(33-4)24(20)27)21-10-12-22(16(2)28-21)35-18-8-6-7-17(14-18)25(30)31/h9-12,17-18H,5-8,13-15H2,1-4H3,(H,30,31)/t17-,18-/m0/s1. The Morgan fingerprint density at radius 1 is 1.20 bits per heavy atom. The molecule has 1 aliphatic rings. The lowest BCUT2D eigenvalue weighted by atomic mass is 9.87. The predicted molar refractivity (Wildman–Crippen MR) is 128 cm³/mol. The summed E-state index contributed by atoms with van der Waals surface area (Å²) in [6.45, 7) is 3.99. The molecule has 1 saturated carbocycles. The Balaban J connectivity index is 1.83. The Morgan fingerprint density at radius 3 is 2.60 bits per heavy atom. The molecule has 0 unspecified atom stereocenters. The van der Waals surface area contributed by atoms with Crippen LogP contribution in [0, 0.1) is 18.7 Å². The van der Waals surface area contributed by atoms with Crippen molar-refractivity contribution in [3.8, 4) is 22.8 Å². The largest absolute Gasteiger partial charge is 0.494 e. The van der Waals surface area contributed by atoms with Crippen LogP contribution in [0.3, 0.4) is 0 Å². The zero-order valence-electron chi connectivity index (χ0n) is 20.7. The second kappa shape index (κ2) is 11.9. The number of carboxylic acids is 1. The van der Waals surface area contributed by atoms with Gasteiger partial charge in [-0.05, 0) is 63.3 Å². The number of aryl methyl sites for hydroxylation is 1. The van der Waals surface area contributed by atoms with Gasteiger partial charge in [0.25, 0.3) is 0 Å². The van der Waals surface area contributed by atoms with Crippen molar-refractivity contribution in [3.63, 3.8) is 0 Å². The summed E-state index contributed by atoms with van der Waals surface area (Å²) in [5, 5.41) is 9.32. The third kappa shape index (κ3) is 6.41. The van der Waals surface area contributed by atoms with Crippen LogP contribution in [-0.2, 0) is 16.1 Å². The van der Waals surface area contributed by atoms with Gasteiger partial charge in [0.15, 0.2) is 11.6 Å². The number of rotatable bonds is 9. The second-order valence-electron chi connectivity index (χ2n) is 8.81. The number of nitrogens with zero attached hydrogens (tertiary/aromatic N) is 2. The number of carboxylic acid groups (broad SMARTS) is 1. The molecule has 0 bridgehead atoms. The molecule has 1 aromatic heterocycles. The van der Waals surface area contributed by atoms with E-state index in [1.54, 1.807) is 32.2 Å². The van der Waals surface area contributed by atoms with Crippen LogP contribution in [0.5, 0.6) is 11.5 Å². The Kier molecular flexibility index (Phi) is 8.89. The van der Waals surface area contributed by atoms with Crippen molar-refractivity contribution in [2.24, 2.45) is 5.92 Å². The van der Waals surface area contributed by atoms with E-state index in [2.05, 4.69) is 4.98 Å². The molecule has 35 heavy (non-hydrogen) atoms. The van der Waals surface area contributed by atoms with Crippen LogP contribution in [0.15, 0.2) is 24.3 Å². The predicted octanol–water partition coefficient (Wildman–Crippen LogP) is 5.21. The molecular weight excluding hydrogens is 455 g/mol. The minimum Gasteiger partial charge on any atom is -0.494 e. The highest BCUT2D eigenvalue weighted by atomic mass is 19.1. The summed E-state index contributed by atoms with van der Waals surface area (Å²) in [7, 11) is 3.00. The molecule has 8 nitrogen and oxygen atoms in total. The molecule has 1 amide bonds. The lowest BCUT2D eigenvalue weighted by molar-refractivity contribution is -0.143. The van der Waals surface area contributed by atoms with Crippen molar-refractivity contribution in [2.45, 2.75) is 58.7 Å². The first kappa shape index (κ1) is 26.2. The first-order valence-corrected chi connectivity index (χ1v) is 11.9. The highest BCUT2D eigenvalue weighted by molar-refractivity contribution is 5.70. The number of benzene rings is 1. The van der Waals surface area contributed by atoms with E-state index in [1.165, 1.54) is 18.1 Å². The molecule has 2 atom stereocenters. The maximum atomic E-state index is 15.2. The van der Waals surface area contributed by atoms with Gasteiger partial charge in [-0.3, -0.25) is 4.79 Å². The molecule has 1 aromatic carbocycles. The van der Waals surface area contributed by atoms with Gasteiger partial charge in [0.2, 0.25) is 0 Å². The monoisotopic (exact) mass is 488 g/mol. The van der Waals surface area contributed by atoms with Gasteiger partial charge in [0, 0.05) is 24.7 Å². The van der Waals surface area contributed by atoms with Crippen molar-refractivity contribution in [2.75, 3.05) is 20.7 Å². The summed E-state index contributed by atoms with van der Waals surface area (Å²) in [5.41, 5.74) is 1.74. The highest BCUT2D eigenvalue weighted by Gasteiger charge is 2.28. The normalized spacial score (nSPS) is 17.5. The van der Waals surface area contributed by atoms with E-state index in [-0.39, 0.29) is 24.0 Å². The summed E-state index contributed by atoms with van der Waals surface area (Å²) in [6, 6.07) is 6.67. The molecule has 1 fully saturated rings. The van der Waals surface area contributed by atoms with Gasteiger partial charge in [-0.25, -0.2) is 14.2 Å². The quantitative estimate of drug-likeness (QED) is 0.518. The maximum absolute atomic E-state index is 15.2. The van der Waals surface area contributed by atoms with Crippen molar-refractivity contribution in [1.29, 1.82) is 0 Å². The third-order valence-corrected chi connectivity index (χ3v) is 6.22. The minimum absolute atomic E-state index is 0.0451. The van der Waals surface area contributed by atoms with Gasteiger partial charge in [-0.2, -0.15) is 0 Å². The fourth-order valence-electron chi connectivity index (χ4n) is 4.29. The average Bonchev–Trinajstić information content (AvgIpc) is 2.84. The van der Waals surface area contributed by atoms with Crippen molar-refractivity contribution >= 4 is 12.1 Å². The van der Waals surface area contributed by atoms with E-state index in [1.807, 2.05) is 6.92 Å². The number of aromatic nitrogens is 1. The summed E-state index contributed by atoms with van der Waals surface area (Å²) in [5.74, 6) is -1.20. The first-order valence-electron chi connectivity index (χ1n) is 11.9. The van der Waals surface area contributed by atoms with E-state index >= 15 is 4.39 Å². The van der Waals surface area contributed by atoms with Crippen molar-refractivity contribution in [3.05, 3.63) is 41.3 Å². The van der Waals surface area contributed by atoms with Gasteiger partial charge < -0.3 is 24.2 Å². The number of ether oxygens (including phenoxy) is 3. The van der Waals surface area contributed by atoms with Crippen molar-refractivity contribution < 1.29 is 33.3 Å². The van der Waals surface area contributed by atoms with E-state index in [9.17, 15) is 14.7 Å².